The van der Waals surface area contributed by atoms with Crippen molar-refractivity contribution in [2.75, 3.05) is 24.6 Å². The topological polar surface area (TPSA) is 55.5 Å². The van der Waals surface area contributed by atoms with Crippen LogP contribution >= 0.6 is 0 Å². The van der Waals surface area contributed by atoms with E-state index in [2.05, 4.69) is 0 Å². The number of rotatable bonds is 6. The molecule has 0 amide bonds. The lowest BCUT2D eigenvalue weighted by Gasteiger charge is -2.49. The Bertz CT molecular complexity index is 1520. The Labute approximate surface area is 235 Å². The van der Waals surface area contributed by atoms with E-state index in [0.29, 0.717) is 56.2 Å². The molecule has 0 aliphatic carbocycles. The van der Waals surface area contributed by atoms with Crippen molar-refractivity contribution in [2.45, 2.75) is 83.4 Å². The summed E-state index contributed by atoms with van der Waals surface area (Å²) in [4.78, 5) is 17.4. The number of fused-ring (bicyclic) bond motifs is 1. The minimum Gasteiger partial charge on any atom is -0.364 e. The zero-order valence-corrected chi connectivity index (χ0v) is 22.9. The number of aryl methyl sites for hydroxylation is 1. The molecule has 218 valence electrons. The molecule has 2 fully saturated rings. The molecule has 3 aromatic rings. The monoisotopic (exact) mass is 566 g/mol. The molecule has 40 heavy (non-hydrogen) atoms. The van der Waals surface area contributed by atoms with E-state index in [-0.39, 0.29) is 29.4 Å². The van der Waals surface area contributed by atoms with Crippen molar-refractivity contribution in [2.24, 2.45) is 6.98 Å². The summed E-state index contributed by atoms with van der Waals surface area (Å²) in [5, 5.41) is 4.76. The van der Waals surface area contributed by atoms with Crippen molar-refractivity contribution in [3.63, 3.8) is 0 Å². The number of aromatic nitrogens is 3. The number of nitrogens with zero attached hydrogens (tertiary/aromatic N) is 5. The molecular formula is C29H37F4N5O2. The fourth-order valence-electron chi connectivity index (χ4n) is 6.17. The molecule has 0 N–H and O–H groups in total. The van der Waals surface area contributed by atoms with Crippen LogP contribution in [-0.4, -0.2) is 51.0 Å². The van der Waals surface area contributed by atoms with Gasteiger partial charge >= 0.3 is 6.18 Å². The molecule has 4 atom stereocenters. The highest BCUT2D eigenvalue weighted by atomic mass is 19.4. The van der Waals surface area contributed by atoms with Crippen molar-refractivity contribution < 1.29 is 26.4 Å². The summed E-state index contributed by atoms with van der Waals surface area (Å²) in [7, 11) is 0. The average molecular weight is 567 g/mol. The molecule has 2 aliphatic heterocycles. The molecule has 11 heteroatoms. The highest BCUT2D eigenvalue weighted by molar-refractivity contribution is 5.88. The molecule has 0 spiro atoms. The third-order valence-corrected chi connectivity index (χ3v) is 8.39. The third-order valence-electron chi connectivity index (χ3n) is 8.39. The second-order valence-corrected chi connectivity index (χ2v) is 10.7. The Morgan fingerprint density at radius 3 is 2.58 bits per heavy atom. The van der Waals surface area contributed by atoms with E-state index in [0.717, 1.165) is 23.5 Å². The van der Waals surface area contributed by atoms with Crippen LogP contribution in [0.25, 0.3) is 11.0 Å². The van der Waals surface area contributed by atoms with Crippen LogP contribution in [0.15, 0.2) is 35.3 Å². The maximum absolute atomic E-state index is 13.9. The van der Waals surface area contributed by atoms with Gasteiger partial charge in [0.05, 0.1) is 23.0 Å². The molecule has 0 bridgehead atoms. The van der Waals surface area contributed by atoms with Crippen LogP contribution in [0.3, 0.4) is 0 Å². The minimum atomic E-state index is -4.71. The molecular weight excluding hydrogens is 526 g/mol. The first kappa shape index (κ1) is 24.8. The molecule has 4 heterocycles. The van der Waals surface area contributed by atoms with Gasteiger partial charge in [0, 0.05) is 55.0 Å². The van der Waals surface area contributed by atoms with Gasteiger partial charge < -0.3 is 14.2 Å². The van der Waals surface area contributed by atoms with Crippen molar-refractivity contribution in [1.82, 2.24) is 19.2 Å². The summed E-state index contributed by atoms with van der Waals surface area (Å²) in [6, 6.07) is 3.02. The third kappa shape index (κ3) is 5.25. The number of halogens is 4. The summed E-state index contributed by atoms with van der Waals surface area (Å²) in [5.74, 6) is -0.944. The molecule has 2 aromatic heterocycles. The lowest BCUT2D eigenvalue weighted by molar-refractivity contribution is -0.139. The normalized spacial score (nSPS) is 25.0. The van der Waals surface area contributed by atoms with Gasteiger partial charge in [-0.3, -0.25) is 9.69 Å². The smallest absolute Gasteiger partial charge is 0.364 e. The van der Waals surface area contributed by atoms with Crippen molar-refractivity contribution in [3.05, 3.63) is 57.8 Å². The molecule has 5 rings (SSSR count). The fourth-order valence-corrected chi connectivity index (χ4v) is 6.17. The average Bonchev–Trinajstić information content (AvgIpc) is 3.39. The molecule has 2 aliphatic rings. The van der Waals surface area contributed by atoms with E-state index >= 15 is 0 Å². The second-order valence-electron chi connectivity index (χ2n) is 10.7. The van der Waals surface area contributed by atoms with Crippen LogP contribution < -0.4 is 10.5 Å². The van der Waals surface area contributed by atoms with E-state index < -0.39 is 36.1 Å². The molecule has 7 nitrogen and oxygen atoms in total. The van der Waals surface area contributed by atoms with Crippen LogP contribution in [0, 0.1) is 5.82 Å². The van der Waals surface area contributed by atoms with E-state index in [9.17, 15) is 22.4 Å². The first-order valence-electron chi connectivity index (χ1n) is 15.4. The lowest BCUT2D eigenvalue weighted by atomic mass is 9.94. The quantitative estimate of drug-likeness (QED) is 0.341. The number of pyridine rings is 1. The van der Waals surface area contributed by atoms with Crippen molar-refractivity contribution >= 4 is 16.7 Å². The van der Waals surface area contributed by atoms with Gasteiger partial charge in [0.15, 0.2) is 0 Å². The first-order chi connectivity index (χ1) is 20.2. The number of benzene rings is 1. The summed E-state index contributed by atoms with van der Waals surface area (Å²) in [5.41, 5.74) is -0.647. The number of piperazine rings is 1. The number of hydrogen-bond acceptors (Lipinski definition) is 5. The highest BCUT2D eigenvalue weighted by Gasteiger charge is 2.40. The first-order valence-corrected chi connectivity index (χ1v) is 13.9. The summed E-state index contributed by atoms with van der Waals surface area (Å²) < 4.78 is 88.0. The zero-order valence-electron chi connectivity index (χ0n) is 25.9. The van der Waals surface area contributed by atoms with Gasteiger partial charge in [-0.05, 0) is 56.7 Å². The van der Waals surface area contributed by atoms with E-state index in [1.165, 1.54) is 12.1 Å². The predicted molar refractivity (Wildman–Crippen MR) is 146 cm³/mol. The predicted octanol–water partition coefficient (Wildman–Crippen LogP) is 6.03. The summed E-state index contributed by atoms with van der Waals surface area (Å²) in [6.45, 7) is 4.19. The van der Waals surface area contributed by atoms with Gasteiger partial charge in [-0.2, -0.15) is 18.3 Å². The van der Waals surface area contributed by atoms with Gasteiger partial charge in [0.1, 0.15) is 17.6 Å². The van der Waals surface area contributed by atoms with Crippen molar-refractivity contribution in [3.8, 4) is 0 Å². The van der Waals surface area contributed by atoms with Gasteiger partial charge in [-0.1, -0.05) is 19.9 Å². The Kier molecular flexibility index (Phi) is 6.93. The van der Waals surface area contributed by atoms with Crippen LogP contribution in [-0.2, 0) is 17.9 Å². The van der Waals surface area contributed by atoms with E-state index in [4.69, 9.17) is 13.9 Å². The number of ether oxygens (including phenoxy) is 1. The fraction of sp³-hybridized carbons (Fsp3) is 0.586. The molecule has 2 saturated heterocycles. The van der Waals surface area contributed by atoms with Crippen LogP contribution in [0.1, 0.15) is 80.4 Å². The van der Waals surface area contributed by atoms with Gasteiger partial charge in [-0.15, -0.1) is 0 Å². The SMILES string of the molecule is [2H]C([2H])([2H])n1c(=O)cc(N2C[C@@H](CC)N(C(C)c3ccc(F)cc3C(F)(F)F)C[C@@H]2CC)c2nn(C3CCCCO3)cc21. The molecule has 2 unspecified atom stereocenters. The van der Waals surface area contributed by atoms with Gasteiger partial charge in [0.25, 0.3) is 5.56 Å². The van der Waals surface area contributed by atoms with E-state index in [1.54, 1.807) is 17.8 Å². The lowest BCUT2D eigenvalue weighted by Crippen LogP contribution is -2.59. The summed E-state index contributed by atoms with van der Waals surface area (Å²) in [6.07, 6.45) is 0.229. The maximum atomic E-state index is 13.9. The largest absolute Gasteiger partial charge is 0.416 e. The zero-order chi connectivity index (χ0) is 31.3. The Hall–Kier alpha value is -2.92. The number of alkyl halides is 3. The maximum Gasteiger partial charge on any atom is 0.416 e. The number of anilines is 1. The van der Waals surface area contributed by atoms with Crippen LogP contribution in [0.2, 0.25) is 0 Å². The molecule has 0 saturated carbocycles. The minimum absolute atomic E-state index is 0.00421. The Balaban J connectivity index is 1.57. The highest BCUT2D eigenvalue weighted by Crippen LogP contribution is 2.40. The van der Waals surface area contributed by atoms with E-state index in [1.807, 2.05) is 23.6 Å². The van der Waals surface area contributed by atoms with Crippen molar-refractivity contribution in [1.29, 1.82) is 0 Å². The van der Waals surface area contributed by atoms with Gasteiger partial charge in [-0.25, -0.2) is 9.07 Å². The summed E-state index contributed by atoms with van der Waals surface area (Å²) >= 11 is 0. The number of hydrogen-bond donors (Lipinski definition) is 0. The van der Waals surface area contributed by atoms with Gasteiger partial charge in [0.2, 0.25) is 0 Å². The molecule has 1 aromatic carbocycles. The van der Waals surface area contributed by atoms with Crippen LogP contribution in [0.4, 0.5) is 23.2 Å². The Morgan fingerprint density at radius 2 is 1.93 bits per heavy atom. The Morgan fingerprint density at radius 1 is 1.15 bits per heavy atom. The standard InChI is InChI=1S/C29H37F4N5O2/c1-5-20-16-37(21(6-2)15-36(20)18(3)22-11-10-19(30)13-23(22)29(31,32)33)24-14-26(39)35(4)25-17-38(34-28(24)25)27-9-7-8-12-40-27/h10-11,13-14,17-18,20-21,27H,5-9,12,15-16H2,1-4H3/t18?,20-,21+,27?/m1/s1/i4D3. The molecule has 0 radical (unpaired) electrons. The second kappa shape index (κ2) is 11.2. The van der Waals surface area contributed by atoms with Crippen LogP contribution in [0.5, 0.6) is 0 Å².